The quantitative estimate of drug-likeness (QED) is 0.439. The second kappa shape index (κ2) is 8.62. The maximum absolute atomic E-state index is 13.0. The standard InChI is InChI=1S/C23H29BrN2O6S/c24-23-12-16-9-17(13-23)11-22(10-16,15-23)21(28)32-14-20(27)25-18-1-3-19(4-2-18)33(29,30)26-5-7-31-8-6-26/h1-4,16-17H,5-15H2,(H,25,27). The molecule has 33 heavy (non-hydrogen) atoms. The highest BCUT2D eigenvalue weighted by Gasteiger charge is 2.60. The van der Waals surface area contributed by atoms with Gasteiger partial charge < -0.3 is 14.8 Å². The number of esters is 1. The van der Waals surface area contributed by atoms with E-state index in [1.807, 2.05) is 0 Å². The number of ether oxygens (including phenoxy) is 2. The van der Waals surface area contributed by atoms with Gasteiger partial charge >= 0.3 is 5.97 Å². The van der Waals surface area contributed by atoms with Gasteiger partial charge in [-0.3, -0.25) is 9.59 Å². The van der Waals surface area contributed by atoms with Crippen molar-refractivity contribution in [3.05, 3.63) is 24.3 Å². The topological polar surface area (TPSA) is 102 Å². The Balaban J connectivity index is 1.16. The van der Waals surface area contributed by atoms with E-state index in [1.165, 1.54) is 22.9 Å². The van der Waals surface area contributed by atoms with Gasteiger partial charge in [-0.1, -0.05) is 15.9 Å². The summed E-state index contributed by atoms with van der Waals surface area (Å²) >= 11 is 3.89. The van der Waals surface area contributed by atoms with Crippen LogP contribution in [0.4, 0.5) is 5.69 Å². The van der Waals surface area contributed by atoms with Crippen molar-refractivity contribution in [3.63, 3.8) is 0 Å². The molecule has 180 valence electrons. The van der Waals surface area contributed by atoms with E-state index in [9.17, 15) is 18.0 Å². The lowest BCUT2D eigenvalue weighted by molar-refractivity contribution is -0.170. The third kappa shape index (κ3) is 4.59. The van der Waals surface area contributed by atoms with Crippen LogP contribution in [0.1, 0.15) is 38.5 Å². The zero-order valence-electron chi connectivity index (χ0n) is 18.4. The molecular weight excluding hydrogens is 512 g/mol. The number of morpholine rings is 1. The molecule has 4 saturated carbocycles. The largest absolute Gasteiger partial charge is 0.455 e. The Hall–Kier alpha value is -1.49. The number of rotatable bonds is 6. The number of sulfonamides is 1. The van der Waals surface area contributed by atoms with Crippen LogP contribution in [-0.4, -0.2) is 61.8 Å². The van der Waals surface area contributed by atoms with E-state index in [0.29, 0.717) is 43.8 Å². The maximum atomic E-state index is 13.0. The smallest absolute Gasteiger partial charge is 0.312 e. The Kier molecular flexibility index (Phi) is 6.08. The Labute approximate surface area is 202 Å². The van der Waals surface area contributed by atoms with E-state index >= 15 is 0 Å². The maximum Gasteiger partial charge on any atom is 0.312 e. The van der Waals surface area contributed by atoms with E-state index in [2.05, 4.69) is 21.2 Å². The molecule has 4 bridgehead atoms. The Morgan fingerprint density at radius 3 is 2.33 bits per heavy atom. The van der Waals surface area contributed by atoms with Gasteiger partial charge in [0.15, 0.2) is 6.61 Å². The van der Waals surface area contributed by atoms with Crippen LogP contribution in [0.25, 0.3) is 0 Å². The van der Waals surface area contributed by atoms with Crippen LogP contribution in [0.15, 0.2) is 29.2 Å². The molecule has 8 nitrogen and oxygen atoms in total. The summed E-state index contributed by atoms with van der Waals surface area (Å²) in [4.78, 5) is 25.6. The minimum atomic E-state index is -3.59. The zero-order valence-corrected chi connectivity index (χ0v) is 20.8. The van der Waals surface area contributed by atoms with E-state index < -0.39 is 21.3 Å². The summed E-state index contributed by atoms with van der Waals surface area (Å²) in [5.74, 6) is 0.409. The molecule has 1 aromatic rings. The molecule has 5 fully saturated rings. The molecule has 5 aliphatic rings. The van der Waals surface area contributed by atoms with Crippen LogP contribution >= 0.6 is 15.9 Å². The summed E-state index contributed by atoms with van der Waals surface area (Å²) in [5.41, 5.74) is -0.0187. The predicted molar refractivity (Wildman–Crippen MR) is 124 cm³/mol. The van der Waals surface area contributed by atoms with Gasteiger partial charge in [0.25, 0.3) is 5.91 Å². The summed E-state index contributed by atoms with van der Waals surface area (Å²) in [6.07, 6.45) is 5.94. The number of nitrogens with zero attached hydrogens (tertiary/aromatic N) is 1. The molecule has 1 aromatic carbocycles. The second-order valence-electron chi connectivity index (χ2n) is 10.1. The second-order valence-corrected chi connectivity index (χ2v) is 13.7. The lowest BCUT2D eigenvalue weighted by atomic mass is 9.49. The molecule has 1 heterocycles. The molecule has 0 radical (unpaired) electrons. The molecule has 10 heteroatoms. The fourth-order valence-electron chi connectivity index (χ4n) is 6.52. The van der Waals surface area contributed by atoms with E-state index in [1.54, 1.807) is 12.1 Å². The van der Waals surface area contributed by atoms with Gasteiger partial charge in [-0.05, 0) is 74.6 Å². The number of amides is 1. The first-order chi connectivity index (χ1) is 15.7. The van der Waals surface area contributed by atoms with E-state index in [0.717, 1.165) is 32.1 Å². The summed E-state index contributed by atoms with van der Waals surface area (Å²) in [5, 5.41) is 2.68. The predicted octanol–water partition coefficient (Wildman–Crippen LogP) is 2.92. The van der Waals surface area contributed by atoms with Gasteiger partial charge in [-0.25, -0.2) is 8.42 Å². The number of hydrogen-bond donors (Lipinski definition) is 1. The Morgan fingerprint density at radius 1 is 1.09 bits per heavy atom. The number of nitrogens with one attached hydrogen (secondary N) is 1. The summed E-state index contributed by atoms with van der Waals surface area (Å²) in [6, 6.07) is 6.02. The average molecular weight is 541 g/mol. The fraction of sp³-hybridized carbons (Fsp3) is 0.652. The molecule has 2 atom stereocenters. The number of carbonyl (C=O) groups excluding carboxylic acids is 2. The lowest BCUT2D eigenvalue weighted by Gasteiger charge is -2.58. The third-order valence-electron chi connectivity index (χ3n) is 7.50. The molecule has 1 aliphatic heterocycles. The molecule has 6 rings (SSSR count). The number of benzene rings is 1. The minimum absolute atomic E-state index is 0.0433. The van der Waals surface area contributed by atoms with Gasteiger partial charge in [-0.15, -0.1) is 0 Å². The Morgan fingerprint density at radius 2 is 1.73 bits per heavy atom. The van der Waals surface area contributed by atoms with Gasteiger partial charge in [-0.2, -0.15) is 4.31 Å². The lowest BCUT2D eigenvalue weighted by Crippen LogP contribution is -2.56. The minimum Gasteiger partial charge on any atom is -0.455 e. The van der Waals surface area contributed by atoms with Gasteiger partial charge in [0.1, 0.15) is 0 Å². The normalized spacial score (nSPS) is 33.6. The van der Waals surface area contributed by atoms with Gasteiger partial charge in [0.2, 0.25) is 10.0 Å². The molecule has 1 N–H and O–H groups in total. The average Bonchev–Trinajstić information content (AvgIpc) is 2.77. The highest BCUT2D eigenvalue weighted by molar-refractivity contribution is 9.10. The molecule has 1 saturated heterocycles. The van der Waals surface area contributed by atoms with Gasteiger partial charge in [0.05, 0.1) is 23.5 Å². The van der Waals surface area contributed by atoms with Crippen LogP contribution in [-0.2, 0) is 29.1 Å². The monoisotopic (exact) mass is 540 g/mol. The van der Waals surface area contributed by atoms with E-state index in [4.69, 9.17) is 9.47 Å². The van der Waals surface area contributed by atoms with Crippen LogP contribution in [0.3, 0.4) is 0 Å². The SMILES string of the molecule is O=C(COC(=O)C12CC3CC(CC(Br)(C3)C1)C2)Nc1ccc(S(=O)(=O)N2CCOCC2)cc1. The zero-order chi connectivity index (χ0) is 23.3. The van der Waals surface area contributed by atoms with Crippen molar-refractivity contribution in [3.8, 4) is 0 Å². The molecule has 2 unspecified atom stereocenters. The van der Waals surface area contributed by atoms with Crippen molar-refractivity contribution < 1.29 is 27.5 Å². The molecular formula is C23H29BrN2O6S. The van der Waals surface area contributed by atoms with Crippen LogP contribution in [0.2, 0.25) is 0 Å². The van der Waals surface area contributed by atoms with Crippen LogP contribution < -0.4 is 5.32 Å². The van der Waals surface area contributed by atoms with Crippen LogP contribution in [0.5, 0.6) is 0 Å². The number of carbonyl (C=O) groups is 2. The highest BCUT2D eigenvalue weighted by atomic mass is 79.9. The first kappa shape index (κ1) is 23.3. The first-order valence-corrected chi connectivity index (χ1v) is 13.7. The fourth-order valence-corrected chi connectivity index (χ4v) is 9.38. The van der Waals surface area contributed by atoms with Crippen molar-refractivity contribution in [2.75, 3.05) is 38.2 Å². The Bertz CT molecular complexity index is 1020. The number of alkyl halides is 1. The highest BCUT2D eigenvalue weighted by Crippen LogP contribution is 2.64. The number of halogens is 1. The molecule has 4 aliphatic carbocycles. The van der Waals surface area contributed by atoms with Crippen molar-refractivity contribution in [2.45, 2.75) is 47.7 Å². The molecule has 0 spiro atoms. The number of hydrogen-bond acceptors (Lipinski definition) is 6. The van der Waals surface area contributed by atoms with Crippen molar-refractivity contribution in [1.82, 2.24) is 4.31 Å². The van der Waals surface area contributed by atoms with Crippen LogP contribution in [0, 0.1) is 17.3 Å². The van der Waals surface area contributed by atoms with Crippen molar-refractivity contribution in [2.24, 2.45) is 17.3 Å². The van der Waals surface area contributed by atoms with Crippen molar-refractivity contribution in [1.29, 1.82) is 0 Å². The first-order valence-electron chi connectivity index (χ1n) is 11.5. The molecule has 0 aromatic heterocycles. The van der Waals surface area contributed by atoms with Crippen molar-refractivity contribution >= 4 is 43.5 Å². The summed E-state index contributed by atoms with van der Waals surface area (Å²) in [6.45, 7) is 1.06. The summed E-state index contributed by atoms with van der Waals surface area (Å²) < 4.78 is 37.5. The summed E-state index contributed by atoms with van der Waals surface area (Å²) in [7, 11) is -3.59. The van der Waals surface area contributed by atoms with Gasteiger partial charge in [0, 0.05) is 23.1 Å². The number of anilines is 1. The third-order valence-corrected chi connectivity index (χ3v) is 10.3. The van der Waals surface area contributed by atoms with E-state index in [-0.39, 0.29) is 21.8 Å². The molecule has 1 amide bonds.